The number of aromatic nitrogens is 2. The molecule has 2 atom stereocenters. The molecule has 24 heavy (non-hydrogen) atoms. The molecule has 1 aromatic heterocycles. The minimum atomic E-state index is 0.0620. The number of imidazole rings is 1. The summed E-state index contributed by atoms with van der Waals surface area (Å²) in [4.78, 5) is 8.86. The van der Waals surface area contributed by atoms with Gasteiger partial charge in [-0.3, -0.25) is 0 Å². The summed E-state index contributed by atoms with van der Waals surface area (Å²) in [6, 6.07) is 16.3. The zero-order valence-electron chi connectivity index (χ0n) is 13.0. The van der Waals surface area contributed by atoms with Gasteiger partial charge in [-0.15, -0.1) is 11.8 Å². The third-order valence-corrected chi connectivity index (χ3v) is 5.73. The van der Waals surface area contributed by atoms with Crippen LogP contribution in [0.5, 0.6) is 0 Å². The third kappa shape index (κ3) is 3.36. The van der Waals surface area contributed by atoms with Crippen LogP contribution in [0.1, 0.15) is 23.1 Å². The zero-order chi connectivity index (χ0) is 16.4. The topological polar surface area (TPSA) is 37.9 Å². The van der Waals surface area contributed by atoms with Crippen LogP contribution in [0.3, 0.4) is 0 Å². The van der Waals surface area contributed by atoms with Gasteiger partial charge in [0.15, 0.2) is 0 Å². The summed E-state index contributed by atoms with van der Waals surface area (Å²) in [6.45, 7) is 0.575. The van der Waals surface area contributed by atoms with Gasteiger partial charge in [0.25, 0.3) is 0 Å². The molecule has 0 saturated heterocycles. The van der Waals surface area contributed by atoms with Crippen molar-refractivity contribution in [3.8, 4) is 0 Å². The molecule has 4 rings (SSSR count). The first-order valence-corrected chi connectivity index (χ1v) is 9.15. The van der Waals surface area contributed by atoms with Crippen molar-refractivity contribution < 1.29 is 4.74 Å². The van der Waals surface area contributed by atoms with Gasteiger partial charge in [-0.25, -0.2) is 4.98 Å². The molecule has 0 radical (unpaired) electrons. The van der Waals surface area contributed by atoms with Gasteiger partial charge in [-0.05, 0) is 29.3 Å². The molecule has 0 fully saturated rings. The third-order valence-electron chi connectivity index (χ3n) is 4.13. The minimum absolute atomic E-state index is 0.0620. The van der Waals surface area contributed by atoms with E-state index >= 15 is 0 Å². The number of rotatable bonds is 5. The lowest BCUT2D eigenvalue weighted by Crippen LogP contribution is -2.17. The summed E-state index contributed by atoms with van der Waals surface area (Å²) in [5, 5.41) is 1.07. The number of nitrogens with one attached hydrogen (secondary N) is 1. The van der Waals surface area contributed by atoms with E-state index in [-0.39, 0.29) is 6.10 Å². The lowest BCUT2D eigenvalue weighted by Gasteiger charge is -2.20. The van der Waals surface area contributed by atoms with Gasteiger partial charge in [-0.1, -0.05) is 41.9 Å². The van der Waals surface area contributed by atoms with Crippen LogP contribution in [0.25, 0.3) is 0 Å². The Morgan fingerprint density at radius 2 is 1.96 bits per heavy atom. The van der Waals surface area contributed by atoms with Gasteiger partial charge < -0.3 is 9.72 Å². The van der Waals surface area contributed by atoms with E-state index in [1.807, 2.05) is 42.2 Å². The molecule has 3 nitrogen and oxygen atoms in total. The van der Waals surface area contributed by atoms with Gasteiger partial charge in [0.05, 0.1) is 12.7 Å². The number of ether oxygens (including phenoxy) is 1. The number of benzene rings is 2. The van der Waals surface area contributed by atoms with Crippen molar-refractivity contribution in [3.05, 3.63) is 82.9 Å². The first kappa shape index (κ1) is 15.8. The van der Waals surface area contributed by atoms with Crippen LogP contribution in [0.4, 0.5) is 0 Å². The molecule has 2 heterocycles. The normalized spacial score (nSPS) is 19.4. The molecule has 3 aromatic rings. The molecule has 1 N–H and O–H groups in total. The van der Waals surface area contributed by atoms with E-state index in [0.717, 1.165) is 22.8 Å². The lowest BCUT2D eigenvalue weighted by atomic mass is 10.0. The Labute approximate surface area is 150 Å². The standard InChI is InChI=1S/C19H17ClN2OS/c20-14-7-5-13(6-8-14)12-23-19-15-3-1-2-4-16(15)24-17(19)11-18-21-9-10-22-18/h1-10,17,19H,11-12H2,(H,21,22)/t17-,19-/m0/s1. The maximum absolute atomic E-state index is 6.31. The second kappa shape index (κ2) is 7.01. The van der Waals surface area contributed by atoms with Crippen LogP contribution in [0.15, 0.2) is 65.8 Å². The molecule has 0 aliphatic carbocycles. The SMILES string of the molecule is Clc1ccc(CO[C@H]2c3ccccc3S[C@H]2Cc2ncc[nH]2)cc1. The van der Waals surface area contributed by atoms with Crippen molar-refractivity contribution in [3.63, 3.8) is 0 Å². The molecular weight excluding hydrogens is 340 g/mol. The molecular formula is C19H17ClN2OS. The van der Waals surface area contributed by atoms with Crippen LogP contribution in [0.2, 0.25) is 5.02 Å². The number of H-pyrrole nitrogens is 1. The van der Waals surface area contributed by atoms with E-state index in [0.29, 0.717) is 11.9 Å². The Bertz CT molecular complexity index is 802. The lowest BCUT2D eigenvalue weighted by molar-refractivity contribution is 0.0391. The Balaban J connectivity index is 1.53. The molecule has 0 unspecified atom stereocenters. The molecule has 0 amide bonds. The number of aromatic amines is 1. The van der Waals surface area contributed by atoms with Gasteiger partial charge in [0, 0.05) is 34.0 Å². The van der Waals surface area contributed by atoms with E-state index in [1.165, 1.54) is 10.5 Å². The quantitative estimate of drug-likeness (QED) is 0.696. The Kier molecular flexibility index (Phi) is 4.60. The maximum atomic E-state index is 6.31. The van der Waals surface area contributed by atoms with Crippen molar-refractivity contribution in [1.82, 2.24) is 9.97 Å². The largest absolute Gasteiger partial charge is 0.368 e. The molecule has 122 valence electrons. The molecule has 1 aliphatic rings. The molecule has 0 spiro atoms. The summed E-state index contributed by atoms with van der Waals surface area (Å²) in [5.41, 5.74) is 2.40. The highest BCUT2D eigenvalue weighted by Crippen LogP contribution is 2.47. The number of hydrogen-bond acceptors (Lipinski definition) is 3. The highest BCUT2D eigenvalue weighted by atomic mass is 35.5. The predicted molar refractivity (Wildman–Crippen MR) is 97.4 cm³/mol. The van der Waals surface area contributed by atoms with Crippen molar-refractivity contribution >= 4 is 23.4 Å². The van der Waals surface area contributed by atoms with Gasteiger partial charge in [-0.2, -0.15) is 0 Å². The van der Waals surface area contributed by atoms with E-state index in [2.05, 4.69) is 34.2 Å². The second-order valence-electron chi connectivity index (χ2n) is 5.79. The van der Waals surface area contributed by atoms with Crippen LogP contribution < -0.4 is 0 Å². The van der Waals surface area contributed by atoms with Crippen LogP contribution in [-0.2, 0) is 17.8 Å². The first-order valence-electron chi connectivity index (χ1n) is 7.89. The second-order valence-corrected chi connectivity index (χ2v) is 7.51. The highest BCUT2D eigenvalue weighted by molar-refractivity contribution is 8.00. The van der Waals surface area contributed by atoms with Crippen molar-refractivity contribution in [2.45, 2.75) is 29.3 Å². The van der Waals surface area contributed by atoms with E-state index < -0.39 is 0 Å². The molecule has 5 heteroatoms. The Hall–Kier alpha value is -1.75. The Morgan fingerprint density at radius 3 is 2.75 bits per heavy atom. The van der Waals surface area contributed by atoms with Crippen LogP contribution >= 0.6 is 23.4 Å². The highest BCUT2D eigenvalue weighted by Gasteiger charge is 2.34. The Morgan fingerprint density at radius 1 is 1.12 bits per heavy atom. The smallest absolute Gasteiger partial charge is 0.107 e. The predicted octanol–water partition coefficient (Wildman–Crippen LogP) is 5.04. The van der Waals surface area contributed by atoms with E-state index in [4.69, 9.17) is 16.3 Å². The fraction of sp³-hybridized carbons (Fsp3) is 0.211. The van der Waals surface area contributed by atoms with Gasteiger partial charge in [0.1, 0.15) is 5.82 Å². The van der Waals surface area contributed by atoms with E-state index in [9.17, 15) is 0 Å². The monoisotopic (exact) mass is 356 g/mol. The van der Waals surface area contributed by atoms with Crippen LogP contribution in [-0.4, -0.2) is 15.2 Å². The fourth-order valence-corrected chi connectivity index (χ4v) is 4.48. The first-order chi connectivity index (χ1) is 11.8. The fourth-order valence-electron chi connectivity index (χ4n) is 2.96. The summed E-state index contributed by atoms with van der Waals surface area (Å²) < 4.78 is 6.31. The zero-order valence-corrected chi connectivity index (χ0v) is 14.6. The van der Waals surface area contributed by atoms with Crippen LogP contribution in [0, 0.1) is 0 Å². The number of hydrogen-bond donors (Lipinski definition) is 1. The molecule has 1 aliphatic heterocycles. The minimum Gasteiger partial charge on any atom is -0.368 e. The average molecular weight is 357 g/mol. The summed E-state index contributed by atoms with van der Waals surface area (Å²) in [5.74, 6) is 1.00. The van der Waals surface area contributed by atoms with Crippen molar-refractivity contribution in [1.29, 1.82) is 0 Å². The van der Waals surface area contributed by atoms with Gasteiger partial charge in [0.2, 0.25) is 0 Å². The maximum Gasteiger partial charge on any atom is 0.107 e. The summed E-state index contributed by atoms with van der Waals surface area (Å²) in [6.07, 6.45) is 4.58. The number of halogens is 1. The number of fused-ring (bicyclic) bond motifs is 1. The van der Waals surface area contributed by atoms with Crippen molar-refractivity contribution in [2.24, 2.45) is 0 Å². The molecule has 2 aromatic carbocycles. The average Bonchev–Trinajstić information content (AvgIpc) is 3.22. The summed E-state index contributed by atoms with van der Waals surface area (Å²) >= 11 is 7.83. The summed E-state index contributed by atoms with van der Waals surface area (Å²) in [7, 11) is 0. The number of thioether (sulfide) groups is 1. The molecule has 0 saturated carbocycles. The molecule has 0 bridgehead atoms. The van der Waals surface area contributed by atoms with Gasteiger partial charge >= 0.3 is 0 Å². The van der Waals surface area contributed by atoms with E-state index in [1.54, 1.807) is 6.20 Å². The number of nitrogens with zero attached hydrogens (tertiary/aromatic N) is 1. The van der Waals surface area contributed by atoms with Crippen molar-refractivity contribution in [2.75, 3.05) is 0 Å².